The number of rotatable bonds is 3. The minimum absolute atomic E-state index is 0.597. The molecule has 2 heteroatoms. The third kappa shape index (κ3) is 3.53. The summed E-state index contributed by atoms with van der Waals surface area (Å²) in [5.41, 5.74) is 7.63. The number of anilines is 1. The Labute approximate surface area is 145 Å². The van der Waals surface area contributed by atoms with E-state index in [0.717, 1.165) is 12.3 Å². The summed E-state index contributed by atoms with van der Waals surface area (Å²) in [5.74, 6) is 0.997. The molecule has 2 aromatic carbocycles. The molecule has 0 aromatic heterocycles. The largest absolute Gasteiger partial charge is 0.473 e. The monoisotopic (exact) mass is 319 g/mol. The molecule has 0 unspecified atom stereocenters. The van der Waals surface area contributed by atoms with Crippen molar-refractivity contribution in [3.05, 3.63) is 76.9 Å². The van der Waals surface area contributed by atoms with Crippen molar-refractivity contribution < 1.29 is 4.74 Å². The molecule has 2 nitrogen and oxygen atoms in total. The minimum Gasteiger partial charge on any atom is -0.473 e. The number of para-hydroxylation sites is 1. The number of hydrogen-bond acceptors (Lipinski definition) is 2. The van der Waals surface area contributed by atoms with Crippen LogP contribution in [0.3, 0.4) is 0 Å². The van der Waals surface area contributed by atoms with Gasteiger partial charge in [-0.1, -0.05) is 41.5 Å². The van der Waals surface area contributed by atoms with Crippen molar-refractivity contribution in [2.24, 2.45) is 0 Å². The van der Waals surface area contributed by atoms with Crippen molar-refractivity contribution in [3.8, 4) is 5.75 Å². The summed E-state index contributed by atoms with van der Waals surface area (Å²) < 4.78 is 5.96. The molecule has 0 radical (unpaired) electrons. The minimum atomic E-state index is 0.597. The van der Waals surface area contributed by atoms with E-state index in [1.807, 2.05) is 6.07 Å². The maximum Gasteiger partial charge on any atom is 0.161 e. The number of hydrogen-bond donors (Lipinski definition) is 0. The molecule has 0 aliphatic carbocycles. The lowest BCUT2D eigenvalue weighted by atomic mass is 9.97. The van der Waals surface area contributed by atoms with Crippen molar-refractivity contribution in [2.45, 2.75) is 34.2 Å². The van der Waals surface area contributed by atoms with E-state index in [2.05, 4.69) is 81.1 Å². The van der Waals surface area contributed by atoms with Crippen LogP contribution in [-0.4, -0.2) is 6.73 Å². The molecule has 1 aliphatic heterocycles. The van der Waals surface area contributed by atoms with Gasteiger partial charge in [-0.25, -0.2) is 0 Å². The molecule has 1 aliphatic rings. The molecular weight excluding hydrogens is 294 g/mol. The van der Waals surface area contributed by atoms with Crippen LogP contribution in [0.1, 0.15) is 38.8 Å². The lowest BCUT2D eigenvalue weighted by Gasteiger charge is -2.31. The summed E-state index contributed by atoms with van der Waals surface area (Å²) in [6.07, 6.45) is 2.26. The van der Waals surface area contributed by atoms with Gasteiger partial charge in [-0.2, -0.15) is 0 Å². The van der Waals surface area contributed by atoms with Crippen molar-refractivity contribution >= 4 is 11.3 Å². The van der Waals surface area contributed by atoms with Crippen LogP contribution in [0, 0.1) is 0 Å². The van der Waals surface area contributed by atoms with Crippen LogP contribution in [0.25, 0.3) is 5.57 Å². The van der Waals surface area contributed by atoms with Crippen molar-refractivity contribution in [1.82, 2.24) is 0 Å². The van der Waals surface area contributed by atoms with Gasteiger partial charge in [0.2, 0.25) is 0 Å². The van der Waals surface area contributed by atoms with Gasteiger partial charge in [0.1, 0.15) is 5.75 Å². The number of ether oxygens (including phenoxy) is 1. The second-order valence-corrected chi connectivity index (χ2v) is 6.76. The van der Waals surface area contributed by atoms with Crippen LogP contribution in [0.15, 0.2) is 65.8 Å². The SMILES string of the molecule is CC(C)=CC(=C(C)C)c1ccc2c(c1)CN(c1ccccc1)CO2. The molecule has 3 rings (SSSR count). The normalized spacial score (nSPS) is 12.9. The quantitative estimate of drug-likeness (QED) is 0.663. The van der Waals surface area contributed by atoms with Crippen molar-refractivity contribution in [3.63, 3.8) is 0 Å². The number of allylic oxidation sites excluding steroid dienone is 4. The smallest absolute Gasteiger partial charge is 0.161 e. The second-order valence-electron chi connectivity index (χ2n) is 6.76. The molecule has 2 aromatic rings. The van der Waals surface area contributed by atoms with Gasteiger partial charge in [0.05, 0.1) is 0 Å². The van der Waals surface area contributed by atoms with E-state index < -0.39 is 0 Å². The molecule has 0 saturated carbocycles. The van der Waals surface area contributed by atoms with Gasteiger partial charge in [0.25, 0.3) is 0 Å². The van der Waals surface area contributed by atoms with Crippen molar-refractivity contribution in [1.29, 1.82) is 0 Å². The summed E-state index contributed by atoms with van der Waals surface area (Å²) in [6, 6.07) is 17.0. The molecule has 0 saturated heterocycles. The summed E-state index contributed by atoms with van der Waals surface area (Å²) in [5, 5.41) is 0. The molecule has 0 fully saturated rings. The summed E-state index contributed by atoms with van der Waals surface area (Å²) >= 11 is 0. The fourth-order valence-corrected chi connectivity index (χ4v) is 3.02. The highest BCUT2D eigenvalue weighted by atomic mass is 16.5. The van der Waals surface area contributed by atoms with Gasteiger partial charge in [-0.3, -0.25) is 0 Å². The van der Waals surface area contributed by atoms with Crippen molar-refractivity contribution in [2.75, 3.05) is 11.6 Å². The highest BCUT2D eigenvalue weighted by Crippen LogP contribution is 2.32. The molecule has 1 heterocycles. The zero-order chi connectivity index (χ0) is 17.1. The molecule has 24 heavy (non-hydrogen) atoms. The van der Waals surface area contributed by atoms with Crippen LogP contribution in [-0.2, 0) is 6.54 Å². The van der Waals surface area contributed by atoms with Crippen LogP contribution < -0.4 is 9.64 Å². The maximum absolute atomic E-state index is 5.96. The van der Waals surface area contributed by atoms with E-state index in [1.165, 1.54) is 33.5 Å². The van der Waals surface area contributed by atoms with Gasteiger partial charge >= 0.3 is 0 Å². The van der Waals surface area contributed by atoms with E-state index >= 15 is 0 Å². The molecule has 0 atom stereocenters. The average Bonchev–Trinajstić information content (AvgIpc) is 2.59. The van der Waals surface area contributed by atoms with Gasteiger partial charge < -0.3 is 9.64 Å². The Morgan fingerprint density at radius 2 is 1.75 bits per heavy atom. The lowest BCUT2D eigenvalue weighted by molar-refractivity contribution is 0.289. The first kappa shape index (κ1) is 16.4. The van der Waals surface area contributed by atoms with E-state index in [9.17, 15) is 0 Å². The zero-order valence-corrected chi connectivity index (χ0v) is 15.0. The van der Waals surface area contributed by atoms with Crippen LogP contribution in [0.4, 0.5) is 5.69 Å². The predicted molar refractivity (Wildman–Crippen MR) is 102 cm³/mol. The number of benzene rings is 2. The third-order valence-electron chi connectivity index (χ3n) is 4.20. The Bertz CT molecular complexity index is 779. The van der Waals surface area contributed by atoms with Gasteiger partial charge in [0, 0.05) is 17.8 Å². The molecule has 0 bridgehead atoms. The Kier molecular flexibility index (Phi) is 4.75. The summed E-state index contributed by atoms with van der Waals surface area (Å²) in [6.45, 7) is 10.1. The van der Waals surface area contributed by atoms with E-state index in [4.69, 9.17) is 4.74 Å². The van der Waals surface area contributed by atoms with Crippen LogP contribution in [0.2, 0.25) is 0 Å². The highest BCUT2D eigenvalue weighted by molar-refractivity contribution is 5.77. The highest BCUT2D eigenvalue weighted by Gasteiger charge is 2.18. The Hall–Kier alpha value is -2.48. The van der Waals surface area contributed by atoms with Crippen LogP contribution in [0.5, 0.6) is 5.75 Å². The molecule has 0 N–H and O–H groups in total. The van der Waals surface area contributed by atoms with Gasteiger partial charge in [-0.15, -0.1) is 0 Å². The summed E-state index contributed by atoms with van der Waals surface area (Å²) in [7, 11) is 0. The predicted octanol–water partition coefficient (Wildman–Crippen LogP) is 5.80. The fraction of sp³-hybridized carbons (Fsp3) is 0.273. The molecular formula is C22H25NO. The lowest BCUT2D eigenvalue weighted by Crippen LogP contribution is -2.31. The first-order valence-corrected chi connectivity index (χ1v) is 8.43. The van der Waals surface area contributed by atoms with E-state index in [0.29, 0.717) is 6.73 Å². The molecule has 0 spiro atoms. The van der Waals surface area contributed by atoms with E-state index in [1.54, 1.807) is 0 Å². The topological polar surface area (TPSA) is 12.5 Å². The van der Waals surface area contributed by atoms with Crippen LogP contribution >= 0.6 is 0 Å². The Morgan fingerprint density at radius 3 is 2.42 bits per heavy atom. The zero-order valence-electron chi connectivity index (χ0n) is 15.0. The number of nitrogens with zero attached hydrogens (tertiary/aromatic N) is 1. The molecule has 0 amide bonds. The Morgan fingerprint density at radius 1 is 1.00 bits per heavy atom. The second kappa shape index (κ2) is 6.96. The fourth-order valence-electron chi connectivity index (χ4n) is 3.02. The van der Waals surface area contributed by atoms with Gasteiger partial charge in [-0.05, 0) is 63.1 Å². The average molecular weight is 319 g/mol. The van der Waals surface area contributed by atoms with Gasteiger partial charge in [0.15, 0.2) is 6.73 Å². The first-order valence-electron chi connectivity index (χ1n) is 8.43. The maximum atomic E-state index is 5.96. The third-order valence-corrected chi connectivity index (χ3v) is 4.20. The Balaban J connectivity index is 1.94. The van der Waals surface area contributed by atoms with E-state index in [-0.39, 0.29) is 0 Å². The molecule has 124 valence electrons. The number of fused-ring (bicyclic) bond motifs is 1. The summed E-state index contributed by atoms with van der Waals surface area (Å²) in [4.78, 5) is 2.26. The standard InChI is InChI=1S/C22H25NO/c1-16(2)12-21(17(3)4)18-10-11-22-19(13-18)14-23(15-24-22)20-8-6-5-7-9-20/h5-13H,14-15H2,1-4H3. The first-order chi connectivity index (χ1) is 11.5.